The van der Waals surface area contributed by atoms with Crippen molar-refractivity contribution in [3.63, 3.8) is 0 Å². The Balaban J connectivity index is 0.000000100. The summed E-state index contributed by atoms with van der Waals surface area (Å²) < 4.78 is 4.44. The average Bonchev–Trinajstić information content (AvgIpc) is 3.80. The van der Waals surface area contributed by atoms with Gasteiger partial charge in [-0.15, -0.1) is 0 Å². The van der Waals surface area contributed by atoms with E-state index in [9.17, 15) is 0 Å². The van der Waals surface area contributed by atoms with Crippen molar-refractivity contribution in [1.82, 2.24) is 34.1 Å². The van der Waals surface area contributed by atoms with Crippen LogP contribution in [0, 0.1) is 13.8 Å². The molecule has 7 heteroatoms. The quantitative estimate of drug-likeness (QED) is 0.165. The van der Waals surface area contributed by atoms with Gasteiger partial charge in [0.15, 0.2) is 0 Å². The van der Waals surface area contributed by atoms with Gasteiger partial charge in [0.05, 0.1) is 39.0 Å². The van der Waals surface area contributed by atoms with E-state index in [1.807, 2.05) is 56.0 Å². The summed E-state index contributed by atoms with van der Waals surface area (Å²) in [5.74, 6) is 0. The smallest absolute Gasteiger partial charge is 0.140 e. The highest BCUT2D eigenvalue weighted by molar-refractivity contribution is 6.25. The highest BCUT2D eigenvalue weighted by Gasteiger charge is 2.16. The van der Waals surface area contributed by atoms with Gasteiger partial charge in [0.2, 0.25) is 0 Å². The number of pyridine rings is 3. The van der Waals surface area contributed by atoms with E-state index < -0.39 is 0 Å². The second-order valence-electron chi connectivity index (χ2n) is 21.4. The van der Waals surface area contributed by atoms with Crippen molar-refractivity contribution >= 4 is 109 Å². The lowest BCUT2D eigenvalue weighted by Crippen LogP contribution is -1.91. The SMILES string of the molecule is Cc1ccc2c(c1)c1ccccc1c1ncccc21.Cc1cnc2c3ccccc3c3ccccc3c2n1.Cn1c2ccccc2c2ccnc(-c3ccccc3)c21.Cn1c2ncccc2c2cccc(-c3ccc(-c4ccccc4)cc3)c21. The van der Waals surface area contributed by atoms with E-state index in [0.717, 1.165) is 39.1 Å². The molecule has 17 rings (SSSR count). The normalized spacial score (nSPS) is 11.3. The van der Waals surface area contributed by atoms with Crippen molar-refractivity contribution in [1.29, 1.82) is 0 Å². The fourth-order valence-electron chi connectivity index (χ4n) is 12.3. The van der Waals surface area contributed by atoms with E-state index in [-0.39, 0.29) is 0 Å². The Bertz CT molecular complexity index is 5070. The van der Waals surface area contributed by atoms with Gasteiger partial charge in [0.1, 0.15) is 5.65 Å². The average molecular weight is 1080 g/mol. The standard InChI is InChI=1S/C24H18N2.C18H14N2.C18H13N.C17H12N2/c1-26-23-20(9-5-10-21(23)22-11-6-16-25-24(22)26)19-14-12-18(13-15-19)17-7-3-2-4-8-17;1-20-16-10-6-5-9-14(16)15-11-12-19-17(18(15)20)13-7-3-2-4-8-13;1-12-8-9-14-16-7-4-10-19-18(16)15-6-3-2-5-13(15)17(14)11-12;1-11-10-18-16-14-8-4-2-6-12(14)13-7-3-5-9-15(13)17(16)19-11/h2-16H,1H3;2-12H,1H3;2-11H,1H3;2-10H,1H3. The fraction of sp³-hybridized carbons (Fsp3) is 0.0519. The second kappa shape index (κ2) is 21.9. The van der Waals surface area contributed by atoms with Crippen LogP contribution in [0.3, 0.4) is 0 Å². The van der Waals surface area contributed by atoms with E-state index in [2.05, 4.69) is 275 Å². The van der Waals surface area contributed by atoms with Crippen LogP contribution >= 0.6 is 0 Å². The molecule has 6 heterocycles. The van der Waals surface area contributed by atoms with Gasteiger partial charge in [0, 0.05) is 98.6 Å². The molecule has 11 aromatic carbocycles. The maximum atomic E-state index is 4.69. The van der Waals surface area contributed by atoms with Crippen LogP contribution in [0.5, 0.6) is 0 Å². The second-order valence-corrected chi connectivity index (χ2v) is 21.4. The summed E-state index contributed by atoms with van der Waals surface area (Å²) in [6.45, 7) is 4.12. The van der Waals surface area contributed by atoms with Crippen molar-refractivity contribution < 1.29 is 0 Å². The highest BCUT2D eigenvalue weighted by atomic mass is 15.0. The van der Waals surface area contributed by atoms with Crippen LogP contribution < -0.4 is 0 Å². The number of rotatable bonds is 3. The van der Waals surface area contributed by atoms with Crippen LogP contribution in [0.15, 0.2) is 274 Å². The summed E-state index contributed by atoms with van der Waals surface area (Å²) in [6.07, 6.45) is 7.46. The van der Waals surface area contributed by atoms with Crippen LogP contribution in [0.2, 0.25) is 0 Å². The van der Waals surface area contributed by atoms with Crippen LogP contribution in [0.4, 0.5) is 0 Å². The summed E-state index contributed by atoms with van der Waals surface area (Å²) in [5.41, 5.74) is 17.1. The molecule has 0 fully saturated rings. The van der Waals surface area contributed by atoms with Crippen LogP contribution in [-0.2, 0) is 14.1 Å². The number of hydrogen-bond donors (Lipinski definition) is 0. The van der Waals surface area contributed by atoms with E-state index in [4.69, 9.17) is 4.98 Å². The van der Waals surface area contributed by atoms with E-state index in [0.29, 0.717) is 0 Å². The lowest BCUT2D eigenvalue weighted by Gasteiger charge is -2.09. The topological polar surface area (TPSA) is 74.3 Å². The summed E-state index contributed by atoms with van der Waals surface area (Å²) in [7, 11) is 4.21. The van der Waals surface area contributed by atoms with Gasteiger partial charge in [-0.25, -0.2) is 9.97 Å². The van der Waals surface area contributed by atoms with Gasteiger partial charge in [-0.2, -0.15) is 0 Å². The van der Waals surface area contributed by atoms with Crippen molar-refractivity contribution in [3.8, 4) is 33.5 Å². The van der Waals surface area contributed by atoms with Crippen LogP contribution in [0.25, 0.3) is 142 Å². The molecule has 84 heavy (non-hydrogen) atoms. The van der Waals surface area contributed by atoms with Gasteiger partial charge in [-0.3, -0.25) is 15.0 Å². The number of aromatic nitrogens is 7. The van der Waals surface area contributed by atoms with Gasteiger partial charge >= 0.3 is 0 Å². The van der Waals surface area contributed by atoms with Crippen molar-refractivity contribution in [2.24, 2.45) is 14.1 Å². The molecule has 0 bridgehead atoms. The molecule has 0 spiro atoms. The third kappa shape index (κ3) is 9.18. The third-order valence-electron chi connectivity index (χ3n) is 16.2. The first-order chi connectivity index (χ1) is 41.4. The van der Waals surface area contributed by atoms with Crippen LogP contribution in [-0.4, -0.2) is 34.1 Å². The maximum absolute atomic E-state index is 4.69. The summed E-state index contributed by atoms with van der Waals surface area (Å²) in [4.78, 5) is 23.1. The number of benzene rings is 11. The minimum atomic E-state index is 0.952. The molecule has 0 aliphatic carbocycles. The molecule has 400 valence electrons. The number of nitrogens with zero attached hydrogens (tertiary/aromatic N) is 7. The highest BCUT2D eigenvalue weighted by Crippen LogP contribution is 2.38. The zero-order valence-electron chi connectivity index (χ0n) is 47.1. The molecule has 0 saturated heterocycles. The monoisotopic (exact) mass is 1080 g/mol. The fourth-order valence-corrected chi connectivity index (χ4v) is 12.3. The van der Waals surface area contributed by atoms with Gasteiger partial charge < -0.3 is 9.13 Å². The Hall–Kier alpha value is -10.9. The molecule has 0 radical (unpaired) electrons. The molecule has 0 amide bonds. The Morgan fingerprint density at radius 1 is 0.298 bits per heavy atom. The Morgan fingerprint density at radius 2 is 0.810 bits per heavy atom. The Kier molecular flexibility index (Phi) is 13.4. The van der Waals surface area contributed by atoms with Crippen molar-refractivity contribution in [3.05, 3.63) is 285 Å². The predicted octanol–water partition coefficient (Wildman–Crippen LogP) is 19.5. The molecule has 7 nitrogen and oxygen atoms in total. The summed E-state index contributed by atoms with van der Waals surface area (Å²) in [5, 5.41) is 16.2. The van der Waals surface area contributed by atoms with Gasteiger partial charge in [0.25, 0.3) is 0 Å². The van der Waals surface area contributed by atoms with E-state index in [1.165, 1.54) is 114 Å². The number of hydrogen-bond acceptors (Lipinski definition) is 5. The number of para-hydroxylation sites is 2. The predicted molar refractivity (Wildman–Crippen MR) is 354 cm³/mol. The molecule has 0 aliphatic rings. The first-order valence-corrected chi connectivity index (χ1v) is 28.4. The largest absolute Gasteiger partial charge is 0.342 e. The maximum Gasteiger partial charge on any atom is 0.140 e. The molecular formula is C77H57N7. The third-order valence-corrected chi connectivity index (χ3v) is 16.2. The van der Waals surface area contributed by atoms with Crippen molar-refractivity contribution in [2.45, 2.75) is 13.8 Å². The van der Waals surface area contributed by atoms with Gasteiger partial charge in [-0.1, -0.05) is 224 Å². The molecular weight excluding hydrogens is 1020 g/mol. The molecule has 0 atom stereocenters. The zero-order chi connectivity index (χ0) is 56.7. The number of aryl methyl sites for hydroxylation is 4. The van der Waals surface area contributed by atoms with E-state index >= 15 is 0 Å². The Morgan fingerprint density at radius 3 is 1.51 bits per heavy atom. The van der Waals surface area contributed by atoms with E-state index in [1.54, 1.807) is 0 Å². The molecule has 17 aromatic rings. The molecule has 0 unspecified atom stereocenters. The first-order valence-electron chi connectivity index (χ1n) is 28.4. The van der Waals surface area contributed by atoms with Gasteiger partial charge in [-0.05, 0) is 87.8 Å². The number of fused-ring (bicyclic) bond motifs is 18. The molecule has 6 aromatic heterocycles. The molecule has 0 N–H and O–H groups in total. The summed E-state index contributed by atoms with van der Waals surface area (Å²) >= 11 is 0. The molecule has 0 saturated carbocycles. The lowest BCUT2D eigenvalue weighted by molar-refractivity contribution is 0.990. The zero-order valence-corrected chi connectivity index (χ0v) is 47.1. The first kappa shape index (κ1) is 51.3. The lowest BCUT2D eigenvalue weighted by atomic mass is 9.96. The summed E-state index contributed by atoms with van der Waals surface area (Å²) in [6, 6.07) is 87.1. The Labute approximate surface area is 486 Å². The minimum Gasteiger partial charge on any atom is -0.342 e. The van der Waals surface area contributed by atoms with Crippen molar-refractivity contribution in [2.75, 3.05) is 0 Å². The van der Waals surface area contributed by atoms with Crippen LogP contribution in [0.1, 0.15) is 11.3 Å². The minimum absolute atomic E-state index is 0.952. The molecule has 0 aliphatic heterocycles.